The van der Waals surface area contributed by atoms with Crippen LogP contribution in [0, 0.1) is 46.1 Å². The highest BCUT2D eigenvalue weighted by Gasteiger charge is 2.14. The van der Waals surface area contributed by atoms with Gasteiger partial charge in [0.05, 0.1) is 39.6 Å². The number of aliphatic hydroxyl groups is 1. The van der Waals surface area contributed by atoms with Crippen LogP contribution in [0.5, 0.6) is 23.0 Å². The predicted molar refractivity (Wildman–Crippen MR) is 377 cm³/mol. The molecule has 81 heavy (non-hydrogen) atoms. The highest BCUT2D eigenvalue weighted by molar-refractivity contribution is 5.63. The minimum Gasteiger partial charge on any atom is -0.493 e. The smallest absolute Gasteiger partial charge is 0.163 e. The molecular weight excluding hydrogens is 995 g/mol. The molecule has 3 aromatic rings. The number of hydrogen-bond donors (Lipinski definition) is 1. The summed E-state index contributed by atoms with van der Waals surface area (Å²) in [7, 11) is 0. The second-order valence-electron chi connectivity index (χ2n) is 19.7. The lowest BCUT2D eigenvalue weighted by Gasteiger charge is -2.20. The normalized spacial score (nSPS) is 10.7. The van der Waals surface area contributed by atoms with Crippen LogP contribution in [0.1, 0.15) is 310 Å². The van der Waals surface area contributed by atoms with Gasteiger partial charge >= 0.3 is 0 Å². The first-order chi connectivity index (χ1) is 34.4. The summed E-state index contributed by atoms with van der Waals surface area (Å²) in [5.41, 5.74) is 9.48. The zero-order chi connectivity index (χ0) is 52.7. The molecule has 3 rings (SSSR count). The number of unbranched alkanes of at least 4 members (excludes halogenated alkanes) is 12. The zero-order valence-electron chi connectivity index (χ0n) is 47.7. The van der Waals surface area contributed by atoms with E-state index in [1.807, 2.05) is 25.1 Å². The van der Waals surface area contributed by atoms with Gasteiger partial charge in [-0.15, -0.1) is 0 Å². The van der Waals surface area contributed by atoms with Gasteiger partial charge < -0.3 is 24.1 Å². The average molecular weight is 1140 g/mol. The summed E-state index contributed by atoms with van der Waals surface area (Å²) in [5.74, 6) is 5.08. The van der Waals surface area contributed by atoms with Crippen molar-refractivity contribution in [2.45, 2.75) is 299 Å². The molecule has 0 aliphatic carbocycles. The molecule has 0 aliphatic heterocycles. The van der Waals surface area contributed by atoms with Crippen molar-refractivity contribution in [3.63, 3.8) is 0 Å². The monoisotopic (exact) mass is 1140 g/mol. The Kier molecular flexibility index (Phi) is 76.9. The first kappa shape index (κ1) is 98.6. The molecule has 478 valence electrons. The lowest BCUT2D eigenvalue weighted by atomic mass is 10.00. The van der Waals surface area contributed by atoms with Crippen LogP contribution in [-0.4, -0.2) is 31.5 Å². The highest BCUT2D eigenvalue weighted by atomic mass is 16.5. The van der Waals surface area contributed by atoms with Crippen LogP contribution in [-0.2, 0) is 6.61 Å². The number of allylic oxidation sites excluding steroid dienone is 3. The fourth-order valence-electron chi connectivity index (χ4n) is 8.27. The molecule has 2 atom stereocenters. The summed E-state index contributed by atoms with van der Waals surface area (Å²) in [5, 5.41) is 9.38. The predicted octanol–water partition coefficient (Wildman–Crippen LogP) is 26.2. The number of aliphatic hydroxyl groups excluding tert-OH is 1. The van der Waals surface area contributed by atoms with E-state index in [4.69, 9.17) is 25.5 Å². The molecular formula is C75H143NO5. The van der Waals surface area contributed by atoms with Crippen molar-refractivity contribution < 1.29 is 24.1 Å². The molecule has 1 N–H and O–H groups in total. The van der Waals surface area contributed by atoms with Gasteiger partial charge in [0.15, 0.2) is 5.70 Å². The Morgan fingerprint density at radius 1 is 0.457 bits per heavy atom. The molecule has 2 unspecified atom stereocenters. The van der Waals surface area contributed by atoms with Crippen molar-refractivity contribution in [2.24, 2.45) is 11.8 Å². The van der Waals surface area contributed by atoms with Crippen LogP contribution >= 0.6 is 0 Å². The van der Waals surface area contributed by atoms with Gasteiger partial charge in [0, 0.05) is 16.7 Å². The van der Waals surface area contributed by atoms with Crippen LogP contribution in [0.15, 0.2) is 54.2 Å². The minimum atomic E-state index is 0. The van der Waals surface area contributed by atoms with E-state index in [2.05, 4.69) is 130 Å². The first-order valence-corrected chi connectivity index (χ1v) is 28.2. The van der Waals surface area contributed by atoms with Crippen LogP contribution < -0.4 is 18.9 Å². The van der Waals surface area contributed by atoms with Gasteiger partial charge in [0.1, 0.15) is 23.0 Å². The van der Waals surface area contributed by atoms with Crippen molar-refractivity contribution in [3.05, 3.63) is 110 Å². The number of benzene rings is 3. The Morgan fingerprint density at radius 2 is 0.827 bits per heavy atom. The molecule has 0 amide bonds. The van der Waals surface area contributed by atoms with Crippen LogP contribution in [0.25, 0.3) is 23.1 Å². The van der Waals surface area contributed by atoms with Gasteiger partial charge in [-0.2, -0.15) is 0 Å². The lowest BCUT2D eigenvalue weighted by Crippen LogP contribution is -2.13. The van der Waals surface area contributed by atoms with E-state index in [1.54, 1.807) is 6.92 Å². The summed E-state index contributed by atoms with van der Waals surface area (Å²) in [6.45, 7) is 38.0. The highest BCUT2D eigenvalue weighted by Crippen LogP contribution is 2.32. The maximum Gasteiger partial charge on any atom is 0.163 e. The molecule has 0 bridgehead atoms. The standard InChI is InChI=1S/C26H44O2.C21H34O.C18H25NO2.10CH4/c1-7-12-15-22(10-4)19-27-25-18-24(14-9-3)26(17-21(25)6)28-20-23(11-5)16-13-8-2;1-5-7-8-9-10-11-12-13-15-22-21-17-19(4)18(3)16-20(21)14-6-2;1-5-6-7-8-9-21-18-10-14(2)17(13-20)12-16(18)11-15(3)19-4;;;;;;;;;;/h9,14,17-18,22-23H,7-8,10-13,15-16,19-20H2,1-6H3;6,14,16-17H,5,7-13,15H2,1-4H3;10-12,20H,5-9,13H2,1-3H3;10*1H4/b14-9+;14-6+;15-11-;;;;;;;;;;. The lowest BCUT2D eigenvalue weighted by molar-refractivity contribution is 0.226. The van der Waals surface area contributed by atoms with Gasteiger partial charge in [-0.1, -0.05) is 249 Å². The molecule has 0 aromatic heterocycles. The molecule has 0 saturated heterocycles. The number of rotatable bonds is 34. The maximum atomic E-state index is 9.38. The van der Waals surface area contributed by atoms with Gasteiger partial charge in [0.25, 0.3) is 0 Å². The van der Waals surface area contributed by atoms with Crippen LogP contribution in [0.3, 0.4) is 0 Å². The minimum absolute atomic E-state index is 0. The van der Waals surface area contributed by atoms with Crippen molar-refractivity contribution in [2.75, 3.05) is 26.4 Å². The largest absolute Gasteiger partial charge is 0.493 e. The summed E-state index contributed by atoms with van der Waals surface area (Å²) in [4.78, 5) is 3.42. The Balaban J connectivity index is -0.000000111. The molecule has 6 heteroatoms. The molecule has 0 saturated carbocycles. The fraction of sp³-hybridized carbons (Fsp3) is 0.667. The maximum absolute atomic E-state index is 9.38. The third-order valence-corrected chi connectivity index (χ3v) is 13.4. The molecule has 3 aromatic carbocycles. The number of ether oxygens (including phenoxy) is 4. The van der Waals surface area contributed by atoms with E-state index in [9.17, 15) is 5.11 Å². The molecule has 0 radical (unpaired) electrons. The Labute approximate surface area is 510 Å². The second-order valence-corrected chi connectivity index (χ2v) is 19.7. The van der Waals surface area contributed by atoms with Gasteiger partial charge in [-0.25, -0.2) is 4.85 Å². The summed E-state index contributed by atoms with van der Waals surface area (Å²) in [6.07, 6.45) is 35.5. The Morgan fingerprint density at radius 3 is 1.26 bits per heavy atom. The number of hydrogen-bond acceptors (Lipinski definition) is 5. The van der Waals surface area contributed by atoms with Gasteiger partial charge in [-0.05, 0) is 150 Å². The summed E-state index contributed by atoms with van der Waals surface area (Å²) < 4.78 is 24.4. The summed E-state index contributed by atoms with van der Waals surface area (Å²) >= 11 is 0. The zero-order valence-corrected chi connectivity index (χ0v) is 47.7. The van der Waals surface area contributed by atoms with Crippen LogP contribution in [0.4, 0.5) is 0 Å². The van der Waals surface area contributed by atoms with E-state index in [0.717, 1.165) is 83.5 Å². The number of nitrogens with zero attached hydrogens (tertiary/aromatic N) is 1. The van der Waals surface area contributed by atoms with Crippen molar-refractivity contribution in [1.29, 1.82) is 0 Å². The number of aryl methyl sites for hydroxylation is 4. The SMILES string of the molecule is C.C.C.C.C.C.C.C.C.C.C/C=C/c1cc(C)c(C)cc1OCCCCCCCCCC.C/C=C/c1cc(OCC(CC)CCCC)c(C)cc1OCC(CC)CCCC.[C-]#[N+]/C(C)=C\c1cc(CO)c(C)cc1OCCCCCC. The molecule has 0 aliphatic rings. The van der Waals surface area contributed by atoms with Gasteiger partial charge in [-0.3, -0.25) is 0 Å². The van der Waals surface area contributed by atoms with E-state index < -0.39 is 0 Å². The third-order valence-electron chi connectivity index (χ3n) is 13.4. The molecule has 0 spiro atoms. The van der Waals surface area contributed by atoms with E-state index >= 15 is 0 Å². The second kappa shape index (κ2) is 63.1. The average Bonchev–Trinajstić information content (AvgIpc) is 3.36. The fourth-order valence-corrected chi connectivity index (χ4v) is 8.27. The van der Waals surface area contributed by atoms with E-state index in [-0.39, 0.29) is 80.9 Å². The third kappa shape index (κ3) is 42.9. The van der Waals surface area contributed by atoms with Gasteiger partial charge in [0.2, 0.25) is 0 Å². The first-order valence-electron chi connectivity index (χ1n) is 28.2. The van der Waals surface area contributed by atoms with Crippen molar-refractivity contribution in [1.82, 2.24) is 0 Å². The quantitative estimate of drug-likeness (QED) is 0.0477. The molecule has 0 fully saturated rings. The molecule has 0 heterocycles. The Bertz CT molecular complexity index is 1990. The van der Waals surface area contributed by atoms with Crippen molar-refractivity contribution in [3.8, 4) is 23.0 Å². The van der Waals surface area contributed by atoms with E-state index in [1.165, 1.54) is 132 Å². The molecule has 6 nitrogen and oxygen atoms in total. The van der Waals surface area contributed by atoms with E-state index in [0.29, 0.717) is 24.1 Å². The summed E-state index contributed by atoms with van der Waals surface area (Å²) in [6, 6.07) is 12.6. The van der Waals surface area contributed by atoms with Crippen molar-refractivity contribution >= 4 is 18.2 Å². The Hall–Kier alpha value is -4.47. The topological polar surface area (TPSA) is 61.5 Å². The van der Waals surface area contributed by atoms with Crippen LogP contribution in [0.2, 0.25) is 0 Å².